The third-order valence-corrected chi connectivity index (χ3v) is 8.00. The Labute approximate surface area is 220 Å². The lowest BCUT2D eigenvalue weighted by atomic mass is 9.81. The molecule has 37 heavy (non-hydrogen) atoms. The van der Waals surface area contributed by atoms with Crippen molar-refractivity contribution in [3.63, 3.8) is 0 Å². The number of allylic oxidation sites excluding steroid dienone is 4. The quantitative estimate of drug-likeness (QED) is 0.476. The van der Waals surface area contributed by atoms with E-state index in [2.05, 4.69) is 29.0 Å². The lowest BCUT2D eigenvalue weighted by molar-refractivity contribution is 0.283. The molecule has 3 fully saturated rings. The summed E-state index contributed by atoms with van der Waals surface area (Å²) in [6.45, 7) is 10.7. The van der Waals surface area contributed by atoms with E-state index in [0.29, 0.717) is 17.3 Å². The molecule has 6 rings (SSSR count). The molecule has 2 saturated carbocycles. The maximum atomic E-state index is 13.1. The van der Waals surface area contributed by atoms with Crippen molar-refractivity contribution in [1.29, 1.82) is 5.41 Å². The van der Waals surface area contributed by atoms with Gasteiger partial charge in [-0.25, -0.2) is 4.98 Å². The molecule has 2 N–H and O–H groups in total. The molecule has 0 aromatic carbocycles. The maximum absolute atomic E-state index is 13.1. The van der Waals surface area contributed by atoms with Gasteiger partial charge in [-0.2, -0.15) is 0 Å². The van der Waals surface area contributed by atoms with Gasteiger partial charge in [0, 0.05) is 43.1 Å². The largest absolute Gasteiger partial charge is 0.367 e. The molecule has 3 aliphatic carbocycles. The van der Waals surface area contributed by atoms with Gasteiger partial charge in [0.1, 0.15) is 5.65 Å². The van der Waals surface area contributed by atoms with Gasteiger partial charge in [-0.15, -0.1) is 0 Å². The molecule has 192 valence electrons. The summed E-state index contributed by atoms with van der Waals surface area (Å²) in [4.78, 5) is 22.0. The fourth-order valence-electron chi connectivity index (χ4n) is 5.62. The fourth-order valence-corrected chi connectivity index (χ4v) is 5.62. The van der Waals surface area contributed by atoms with Crippen molar-refractivity contribution in [1.82, 2.24) is 19.5 Å². The average Bonchev–Trinajstić information content (AvgIpc) is 3.61. The molecule has 2 aromatic rings. The minimum atomic E-state index is -0.165. The summed E-state index contributed by atoms with van der Waals surface area (Å²) in [5.41, 5.74) is 7.14. The molecular formula is C29H37BN6O. The Morgan fingerprint density at radius 3 is 2.70 bits per heavy atom. The third-order valence-electron chi connectivity index (χ3n) is 8.00. The van der Waals surface area contributed by atoms with Gasteiger partial charge in [0.15, 0.2) is 7.98 Å². The van der Waals surface area contributed by atoms with Crippen LogP contribution in [-0.4, -0.2) is 53.1 Å². The molecule has 3 heterocycles. The third kappa shape index (κ3) is 4.79. The first-order chi connectivity index (χ1) is 17.8. The first-order valence-corrected chi connectivity index (χ1v) is 13.6. The normalized spacial score (nSPS) is 22.9. The van der Waals surface area contributed by atoms with Crippen molar-refractivity contribution in [2.24, 2.45) is 5.92 Å². The van der Waals surface area contributed by atoms with E-state index in [9.17, 15) is 4.79 Å². The van der Waals surface area contributed by atoms with E-state index in [-0.39, 0.29) is 16.8 Å². The number of hydrogen-bond acceptors (Lipinski definition) is 6. The van der Waals surface area contributed by atoms with E-state index in [1.807, 2.05) is 49.3 Å². The summed E-state index contributed by atoms with van der Waals surface area (Å²) in [7, 11) is 6.20. The second kappa shape index (κ2) is 9.97. The molecule has 0 bridgehead atoms. The van der Waals surface area contributed by atoms with E-state index in [0.717, 1.165) is 62.3 Å². The van der Waals surface area contributed by atoms with Crippen molar-refractivity contribution < 1.29 is 0 Å². The molecule has 1 spiro atoms. The number of aromatic nitrogens is 2. The van der Waals surface area contributed by atoms with Crippen LogP contribution in [0.5, 0.6) is 0 Å². The Balaban J connectivity index is 0.00000137. The number of hydrogen-bond donors (Lipinski definition) is 2. The van der Waals surface area contributed by atoms with Crippen LogP contribution in [0.4, 0.5) is 5.69 Å². The first-order valence-electron chi connectivity index (χ1n) is 13.6. The van der Waals surface area contributed by atoms with Crippen molar-refractivity contribution in [3.05, 3.63) is 75.1 Å². The Hall–Kier alpha value is -3.13. The van der Waals surface area contributed by atoms with Crippen LogP contribution in [-0.2, 0) is 0 Å². The van der Waals surface area contributed by atoms with E-state index in [4.69, 9.17) is 13.4 Å². The molecule has 7 nitrogen and oxygen atoms in total. The molecule has 0 amide bonds. The second-order valence-corrected chi connectivity index (χ2v) is 10.7. The smallest absolute Gasteiger partial charge is 0.258 e. The van der Waals surface area contributed by atoms with E-state index in [1.165, 1.54) is 23.6 Å². The molecule has 8 heteroatoms. The number of fused-ring (bicyclic) bond motifs is 2. The number of rotatable bonds is 5. The van der Waals surface area contributed by atoms with Crippen LogP contribution in [0.3, 0.4) is 0 Å². The molecule has 1 atom stereocenters. The van der Waals surface area contributed by atoms with Gasteiger partial charge in [-0.05, 0) is 87.4 Å². The van der Waals surface area contributed by atoms with Gasteiger partial charge < -0.3 is 15.0 Å². The highest BCUT2D eigenvalue weighted by Crippen LogP contribution is 2.48. The van der Waals surface area contributed by atoms with E-state index in [1.54, 1.807) is 4.40 Å². The molecule has 4 aliphatic rings. The lowest BCUT2D eigenvalue weighted by Gasteiger charge is -2.41. The van der Waals surface area contributed by atoms with Gasteiger partial charge in [0.25, 0.3) is 5.56 Å². The molecule has 2 radical (unpaired) electrons. The lowest BCUT2D eigenvalue weighted by Crippen LogP contribution is -2.54. The minimum Gasteiger partial charge on any atom is -0.367 e. The number of nitrogens with zero attached hydrogens (tertiary/aromatic N) is 4. The minimum absolute atomic E-state index is 0.0944. The van der Waals surface area contributed by atoms with Gasteiger partial charge in [0.2, 0.25) is 0 Å². The van der Waals surface area contributed by atoms with Gasteiger partial charge >= 0.3 is 0 Å². The van der Waals surface area contributed by atoms with Gasteiger partial charge in [-0.1, -0.05) is 19.4 Å². The average molecular weight is 496 g/mol. The van der Waals surface area contributed by atoms with Crippen LogP contribution >= 0.6 is 0 Å². The van der Waals surface area contributed by atoms with Crippen molar-refractivity contribution >= 4 is 25.0 Å². The van der Waals surface area contributed by atoms with Crippen molar-refractivity contribution in [2.45, 2.75) is 65.3 Å². The molecule has 1 aliphatic heterocycles. The van der Waals surface area contributed by atoms with E-state index < -0.39 is 0 Å². The first kappa shape index (κ1) is 25.5. The highest BCUT2D eigenvalue weighted by molar-refractivity contribution is 6.06. The highest BCUT2D eigenvalue weighted by Gasteiger charge is 2.49. The summed E-state index contributed by atoms with van der Waals surface area (Å²) in [5.74, 6) is 0.589. The SMILES string of the molecule is CC.[B]N1CCN(c2ccc3nc(C(=N)/C=C4/CC5CCC5=C4NC=C(C)C)cc(=O)n3c2)CC12CC2. The number of anilines is 1. The molecule has 2 aromatic heterocycles. The summed E-state index contributed by atoms with van der Waals surface area (Å²) in [6, 6.07) is 5.39. The van der Waals surface area contributed by atoms with Crippen molar-refractivity contribution in [3.8, 4) is 0 Å². The molecule has 1 unspecified atom stereocenters. The summed E-state index contributed by atoms with van der Waals surface area (Å²) < 4.78 is 1.59. The number of piperazine rings is 1. The zero-order chi connectivity index (χ0) is 26.3. The summed E-state index contributed by atoms with van der Waals surface area (Å²) in [6.07, 6.45) is 11.3. The van der Waals surface area contributed by atoms with Crippen molar-refractivity contribution in [2.75, 3.05) is 24.5 Å². The predicted molar refractivity (Wildman–Crippen MR) is 151 cm³/mol. The monoisotopic (exact) mass is 496 g/mol. The van der Waals surface area contributed by atoms with Crippen LogP contribution in [0.2, 0.25) is 0 Å². The maximum Gasteiger partial charge on any atom is 0.258 e. The van der Waals surface area contributed by atoms with E-state index >= 15 is 0 Å². The summed E-state index contributed by atoms with van der Waals surface area (Å²) >= 11 is 0. The summed E-state index contributed by atoms with van der Waals surface area (Å²) in [5, 5.41) is 12.2. The number of pyridine rings is 1. The zero-order valence-electron chi connectivity index (χ0n) is 22.5. The Morgan fingerprint density at radius 2 is 2.03 bits per heavy atom. The Kier molecular flexibility index (Phi) is 6.88. The van der Waals surface area contributed by atoms with Gasteiger partial charge in [-0.3, -0.25) is 14.6 Å². The standard InChI is InChI=1S/C27H31BN6O.C2H6/c1-17(2)14-30-26-19(11-18-3-5-21(18)26)12-22(29)23-13-25(35)33-15-20(4-6-24(33)31-23)32-9-10-34(28)27(16-32)7-8-27;1-2/h4,6,12-15,18,29-30H,3,5,7-11,16H2,1-2H3;1-2H3/b19-12-,29-22?;. The zero-order valence-corrected chi connectivity index (χ0v) is 22.5. The topological polar surface area (TPSA) is 76.7 Å². The van der Waals surface area contributed by atoms with Crippen LogP contribution in [0.15, 0.2) is 63.9 Å². The number of nitrogens with one attached hydrogen (secondary N) is 2. The van der Waals surface area contributed by atoms with Crippen LogP contribution in [0.1, 0.15) is 65.5 Å². The highest BCUT2D eigenvalue weighted by atomic mass is 16.1. The van der Waals surface area contributed by atoms with Crippen LogP contribution in [0.25, 0.3) is 5.65 Å². The van der Waals surface area contributed by atoms with Crippen LogP contribution < -0.4 is 15.8 Å². The van der Waals surface area contributed by atoms with Gasteiger partial charge in [0.05, 0.1) is 17.1 Å². The fraction of sp³-hybridized carbons (Fsp3) is 0.483. The Bertz CT molecular complexity index is 1380. The predicted octanol–water partition coefficient (Wildman–Crippen LogP) is 4.33. The Morgan fingerprint density at radius 1 is 1.24 bits per heavy atom. The second-order valence-electron chi connectivity index (χ2n) is 10.7. The molecule has 1 saturated heterocycles. The van der Waals surface area contributed by atoms with Crippen LogP contribution in [0, 0.1) is 11.3 Å². The molecular weight excluding hydrogens is 459 g/mol.